The monoisotopic (exact) mass is 326 g/mol. The van der Waals surface area contributed by atoms with E-state index >= 15 is 0 Å². The van der Waals surface area contributed by atoms with Crippen molar-refractivity contribution in [2.75, 3.05) is 18.8 Å². The maximum Gasteiger partial charge on any atom is 0.0869 e. The summed E-state index contributed by atoms with van der Waals surface area (Å²) in [5.74, 6) is 0. The third kappa shape index (κ3) is 3.37. The Bertz CT molecular complexity index is 687. The van der Waals surface area contributed by atoms with E-state index in [0.29, 0.717) is 6.54 Å². The first-order valence-electron chi connectivity index (χ1n) is 7.76. The molecule has 1 aromatic rings. The van der Waals surface area contributed by atoms with E-state index in [1.54, 1.807) is 11.8 Å². The molecule has 5 heteroatoms. The molecule has 0 bridgehead atoms. The first-order chi connectivity index (χ1) is 11.2. The standard InChI is InChI=1S/C18H22N4S/c19-10-3-11-22-17(15-4-1-2-5-16(15)21)12-23-18(22)13-6-8-14(20)9-7-13/h1-2,4-9,12,14H,3,10-11,19-21H2. The molecule has 0 saturated carbocycles. The number of rotatable bonds is 4. The maximum absolute atomic E-state index is 6.17. The second-order valence-corrected chi connectivity index (χ2v) is 6.42. The molecule has 1 aromatic carbocycles. The normalized spacial score (nSPS) is 20.3. The van der Waals surface area contributed by atoms with Gasteiger partial charge in [-0.3, -0.25) is 0 Å². The number of hydrogen-bond acceptors (Lipinski definition) is 5. The molecule has 0 atom stereocenters. The number of nitrogen functional groups attached to an aromatic ring is 1. The van der Waals surface area contributed by atoms with Gasteiger partial charge < -0.3 is 22.1 Å². The summed E-state index contributed by atoms with van der Waals surface area (Å²) >= 11 is 1.72. The van der Waals surface area contributed by atoms with Crippen molar-refractivity contribution in [2.45, 2.75) is 12.5 Å². The second-order valence-electron chi connectivity index (χ2n) is 5.56. The minimum atomic E-state index is 0.000409. The lowest BCUT2D eigenvalue weighted by molar-refractivity contribution is 0.507. The molecule has 3 rings (SSSR count). The third-order valence-electron chi connectivity index (χ3n) is 3.88. The molecule has 1 aliphatic heterocycles. The molecule has 2 aliphatic rings. The van der Waals surface area contributed by atoms with Gasteiger partial charge in [0.25, 0.3) is 0 Å². The van der Waals surface area contributed by atoms with Gasteiger partial charge in [-0.05, 0) is 19.0 Å². The lowest BCUT2D eigenvalue weighted by Gasteiger charge is -2.26. The minimum absolute atomic E-state index is 0.000409. The third-order valence-corrected chi connectivity index (χ3v) is 4.90. The van der Waals surface area contributed by atoms with Gasteiger partial charge in [-0.15, -0.1) is 0 Å². The number of allylic oxidation sites excluding steroid dienone is 3. The van der Waals surface area contributed by atoms with E-state index in [9.17, 15) is 0 Å². The fourth-order valence-corrected chi connectivity index (χ4v) is 3.74. The van der Waals surface area contributed by atoms with Crippen molar-refractivity contribution in [3.8, 4) is 0 Å². The van der Waals surface area contributed by atoms with Gasteiger partial charge in [0, 0.05) is 34.8 Å². The van der Waals surface area contributed by atoms with Crippen LogP contribution in [0.4, 0.5) is 5.69 Å². The Balaban J connectivity index is 1.96. The van der Waals surface area contributed by atoms with Crippen molar-refractivity contribution in [1.82, 2.24) is 4.90 Å². The smallest absolute Gasteiger partial charge is 0.0869 e. The fraction of sp³-hybridized carbons (Fsp3) is 0.222. The zero-order valence-corrected chi connectivity index (χ0v) is 13.8. The van der Waals surface area contributed by atoms with Crippen molar-refractivity contribution >= 4 is 23.1 Å². The number of nitrogens with two attached hydrogens (primary N) is 3. The van der Waals surface area contributed by atoms with Crippen LogP contribution < -0.4 is 17.2 Å². The molecule has 1 heterocycles. The van der Waals surface area contributed by atoms with Crippen molar-refractivity contribution in [3.05, 3.63) is 70.1 Å². The van der Waals surface area contributed by atoms with Gasteiger partial charge in [-0.2, -0.15) is 0 Å². The average molecular weight is 326 g/mol. The van der Waals surface area contributed by atoms with E-state index in [-0.39, 0.29) is 6.04 Å². The van der Waals surface area contributed by atoms with Crippen LogP contribution in [0.25, 0.3) is 5.70 Å². The van der Waals surface area contributed by atoms with E-state index in [4.69, 9.17) is 17.2 Å². The van der Waals surface area contributed by atoms with Crippen molar-refractivity contribution < 1.29 is 0 Å². The zero-order valence-electron chi connectivity index (χ0n) is 13.0. The molecular formula is C18H22N4S. The Hall–Kier alpha value is -1.95. The Labute approximate surface area is 141 Å². The number of thioether (sulfide) groups is 1. The van der Waals surface area contributed by atoms with Crippen LogP contribution in [0.3, 0.4) is 0 Å². The molecule has 0 fully saturated rings. The van der Waals surface area contributed by atoms with Gasteiger partial charge in [0.1, 0.15) is 0 Å². The first-order valence-corrected chi connectivity index (χ1v) is 8.64. The van der Waals surface area contributed by atoms with Crippen LogP contribution in [0.1, 0.15) is 12.0 Å². The van der Waals surface area contributed by atoms with Crippen LogP contribution in [0.5, 0.6) is 0 Å². The van der Waals surface area contributed by atoms with Crippen molar-refractivity contribution in [2.24, 2.45) is 11.5 Å². The number of anilines is 1. The molecule has 1 aliphatic carbocycles. The quantitative estimate of drug-likeness (QED) is 0.741. The summed E-state index contributed by atoms with van der Waals surface area (Å²) in [5.41, 5.74) is 22.0. The molecule has 0 spiro atoms. The summed E-state index contributed by atoms with van der Waals surface area (Å²) in [6.45, 7) is 1.54. The molecule has 0 amide bonds. The van der Waals surface area contributed by atoms with Crippen LogP contribution in [-0.4, -0.2) is 24.0 Å². The summed E-state index contributed by atoms with van der Waals surface area (Å²) in [6.07, 6.45) is 9.13. The van der Waals surface area contributed by atoms with E-state index < -0.39 is 0 Å². The van der Waals surface area contributed by atoms with Gasteiger partial charge in [-0.25, -0.2) is 0 Å². The van der Waals surface area contributed by atoms with Gasteiger partial charge in [0.15, 0.2) is 0 Å². The Morgan fingerprint density at radius 1 is 1.13 bits per heavy atom. The molecule has 0 saturated heterocycles. The topological polar surface area (TPSA) is 81.3 Å². The van der Waals surface area contributed by atoms with Gasteiger partial charge in [0.2, 0.25) is 0 Å². The highest BCUT2D eigenvalue weighted by molar-refractivity contribution is 8.06. The number of hydrogen-bond donors (Lipinski definition) is 3. The summed E-state index contributed by atoms with van der Waals surface area (Å²) in [4.78, 5) is 2.31. The summed E-state index contributed by atoms with van der Waals surface area (Å²) < 4.78 is 0. The van der Waals surface area contributed by atoms with Crippen LogP contribution >= 0.6 is 11.8 Å². The van der Waals surface area contributed by atoms with Gasteiger partial charge in [0.05, 0.1) is 10.7 Å². The van der Waals surface area contributed by atoms with Crippen LogP contribution in [0.2, 0.25) is 0 Å². The van der Waals surface area contributed by atoms with E-state index in [0.717, 1.165) is 29.9 Å². The van der Waals surface area contributed by atoms with E-state index in [1.165, 1.54) is 10.6 Å². The molecule has 6 N–H and O–H groups in total. The largest absolute Gasteiger partial charge is 0.398 e. The van der Waals surface area contributed by atoms with Crippen molar-refractivity contribution in [3.63, 3.8) is 0 Å². The molecule has 0 unspecified atom stereocenters. The Morgan fingerprint density at radius 3 is 2.57 bits per heavy atom. The summed E-state index contributed by atoms with van der Waals surface area (Å²) in [6, 6.07) is 7.97. The maximum atomic E-state index is 6.17. The van der Waals surface area contributed by atoms with Crippen LogP contribution in [0, 0.1) is 0 Å². The van der Waals surface area contributed by atoms with E-state index in [1.807, 2.05) is 30.4 Å². The van der Waals surface area contributed by atoms with Gasteiger partial charge in [-0.1, -0.05) is 54.3 Å². The van der Waals surface area contributed by atoms with Crippen LogP contribution in [-0.2, 0) is 0 Å². The SMILES string of the molecule is NCCCN1C(c2ccccc2N)=CSC1=C1C=CC(N)C=C1. The van der Waals surface area contributed by atoms with Crippen LogP contribution in [0.15, 0.2) is 64.6 Å². The molecule has 0 radical (unpaired) electrons. The molecular weight excluding hydrogens is 304 g/mol. The van der Waals surface area contributed by atoms with Gasteiger partial charge >= 0.3 is 0 Å². The second kappa shape index (κ2) is 7.08. The highest BCUT2D eigenvalue weighted by Crippen LogP contribution is 2.43. The summed E-state index contributed by atoms with van der Waals surface area (Å²) in [7, 11) is 0. The highest BCUT2D eigenvalue weighted by atomic mass is 32.2. The molecule has 0 aromatic heterocycles. The number of benzene rings is 1. The number of nitrogens with zero attached hydrogens (tertiary/aromatic N) is 1. The zero-order chi connectivity index (χ0) is 16.2. The first kappa shape index (κ1) is 15.9. The summed E-state index contributed by atoms with van der Waals surface area (Å²) in [5, 5.41) is 3.37. The molecule has 4 nitrogen and oxygen atoms in total. The number of para-hydroxylation sites is 1. The van der Waals surface area contributed by atoms with E-state index in [2.05, 4.69) is 28.5 Å². The molecule has 23 heavy (non-hydrogen) atoms. The molecule has 120 valence electrons. The minimum Gasteiger partial charge on any atom is -0.398 e. The lowest BCUT2D eigenvalue weighted by Crippen LogP contribution is -2.22. The lowest BCUT2D eigenvalue weighted by atomic mass is 10.1. The Kier molecular flexibility index (Phi) is 4.91. The predicted molar refractivity (Wildman–Crippen MR) is 100 cm³/mol. The van der Waals surface area contributed by atoms with Crippen molar-refractivity contribution in [1.29, 1.82) is 0 Å². The Morgan fingerprint density at radius 2 is 1.87 bits per heavy atom. The fourth-order valence-electron chi connectivity index (χ4n) is 2.67. The highest BCUT2D eigenvalue weighted by Gasteiger charge is 2.25. The predicted octanol–water partition coefficient (Wildman–Crippen LogP) is 2.63. The average Bonchev–Trinajstić information content (AvgIpc) is 2.97.